The standard InChI is InChI=1S/C26H28FN5O4/c1-16-12-32(17(2)14-33)26(35)21-8-18(19-9-28-15-29-10-19)11-30-24(21)36-23(16)13-31(3)25(34)20-6-4-5-7-22(20)27/h4-11,15-17,23,33H,12-14H2,1-3H3/t16-,17-,23+/m0/s1. The predicted molar refractivity (Wildman–Crippen MR) is 130 cm³/mol. The number of carbonyl (C=O) groups is 2. The minimum atomic E-state index is -0.598. The van der Waals surface area contributed by atoms with Gasteiger partial charge in [-0.1, -0.05) is 19.1 Å². The average Bonchev–Trinajstić information content (AvgIpc) is 2.90. The number of amides is 2. The van der Waals surface area contributed by atoms with E-state index in [1.807, 2.05) is 6.92 Å². The summed E-state index contributed by atoms with van der Waals surface area (Å²) < 4.78 is 20.4. The van der Waals surface area contributed by atoms with Crippen LogP contribution in [0.5, 0.6) is 5.88 Å². The van der Waals surface area contributed by atoms with E-state index in [9.17, 15) is 19.1 Å². The molecule has 0 bridgehead atoms. The third-order valence-electron chi connectivity index (χ3n) is 6.32. The molecule has 1 aliphatic heterocycles. The lowest BCUT2D eigenvalue weighted by atomic mass is 9.99. The molecule has 0 saturated carbocycles. The molecule has 1 N–H and O–H groups in total. The van der Waals surface area contributed by atoms with Gasteiger partial charge in [0.1, 0.15) is 23.8 Å². The number of halogens is 1. The van der Waals surface area contributed by atoms with E-state index >= 15 is 0 Å². The summed E-state index contributed by atoms with van der Waals surface area (Å²) in [5, 5.41) is 9.82. The Morgan fingerprint density at radius 1 is 1.25 bits per heavy atom. The summed E-state index contributed by atoms with van der Waals surface area (Å²) in [6, 6.07) is 7.03. The lowest BCUT2D eigenvalue weighted by Gasteiger charge is -2.37. The quantitative estimate of drug-likeness (QED) is 0.562. The highest BCUT2D eigenvalue weighted by molar-refractivity contribution is 5.98. The number of carbonyl (C=O) groups excluding carboxylic acids is 2. The Morgan fingerprint density at radius 3 is 2.67 bits per heavy atom. The molecule has 4 rings (SSSR count). The summed E-state index contributed by atoms with van der Waals surface area (Å²) >= 11 is 0. The van der Waals surface area contributed by atoms with Crippen LogP contribution in [0.15, 0.2) is 55.2 Å². The van der Waals surface area contributed by atoms with Crippen molar-refractivity contribution in [2.75, 3.05) is 26.7 Å². The second kappa shape index (κ2) is 10.8. The number of benzene rings is 1. The Hall–Kier alpha value is -3.92. The van der Waals surface area contributed by atoms with Crippen LogP contribution in [0.1, 0.15) is 34.6 Å². The first kappa shape index (κ1) is 25.2. The number of aromatic nitrogens is 3. The maximum Gasteiger partial charge on any atom is 0.259 e. The number of pyridine rings is 1. The van der Waals surface area contributed by atoms with Gasteiger partial charge in [0.05, 0.1) is 24.8 Å². The third kappa shape index (κ3) is 5.18. The third-order valence-corrected chi connectivity index (χ3v) is 6.32. The highest BCUT2D eigenvalue weighted by Crippen LogP contribution is 2.30. The molecule has 0 aliphatic carbocycles. The summed E-state index contributed by atoms with van der Waals surface area (Å²) in [6.07, 6.45) is 5.67. The minimum Gasteiger partial charge on any atom is -0.472 e. The molecular formula is C26H28FN5O4. The molecule has 1 aromatic carbocycles. The monoisotopic (exact) mass is 493 g/mol. The molecule has 9 nitrogen and oxygen atoms in total. The van der Waals surface area contributed by atoms with Gasteiger partial charge >= 0.3 is 0 Å². The average molecular weight is 494 g/mol. The maximum atomic E-state index is 14.2. The molecule has 0 fully saturated rings. The van der Waals surface area contributed by atoms with Crippen LogP contribution in [-0.4, -0.2) is 80.6 Å². The zero-order chi connectivity index (χ0) is 25.8. The number of ether oxygens (including phenoxy) is 1. The second-order valence-corrected chi connectivity index (χ2v) is 8.99. The van der Waals surface area contributed by atoms with Gasteiger partial charge in [0.2, 0.25) is 5.88 Å². The molecule has 1 aliphatic rings. The Bertz CT molecular complexity index is 1240. The van der Waals surface area contributed by atoms with E-state index in [1.165, 1.54) is 29.4 Å². The zero-order valence-electron chi connectivity index (χ0n) is 20.3. The number of hydrogen-bond acceptors (Lipinski definition) is 7. The smallest absolute Gasteiger partial charge is 0.259 e. The SMILES string of the molecule is C[C@H]1CN([C@@H](C)CO)C(=O)c2cc(-c3cncnc3)cnc2O[C@@H]1CN(C)C(=O)c1ccccc1F. The first-order chi connectivity index (χ1) is 17.3. The van der Waals surface area contributed by atoms with Crippen molar-refractivity contribution in [3.63, 3.8) is 0 Å². The van der Waals surface area contributed by atoms with Crippen molar-refractivity contribution >= 4 is 11.8 Å². The predicted octanol–water partition coefficient (Wildman–Crippen LogP) is 2.67. The van der Waals surface area contributed by atoms with Crippen molar-refractivity contribution in [2.45, 2.75) is 26.0 Å². The van der Waals surface area contributed by atoms with Crippen molar-refractivity contribution in [3.8, 4) is 17.0 Å². The van der Waals surface area contributed by atoms with Gasteiger partial charge in [-0.15, -0.1) is 0 Å². The van der Waals surface area contributed by atoms with Crippen LogP contribution < -0.4 is 4.74 Å². The van der Waals surface area contributed by atoms with Gasteiger partial charge in [-0.3, -0.25) is 9.59 Å². The highest BCUT2D eigenvalue weighted by atomic mass is 19.1. The van der Waals surface area contributed by atoms with E-state index in [0.717, 1.165) is 0 Å². The fraction of sp³-hybridized carbons (Fsp3) is 0.346. The highest BCUT2D eigenvalue weighted by Gasteiger charge is 2.35. The molecule has 0 saturated heterocycles. The van der Waals surface area contributed by atoms with Crippen molar-refractivity contribution in [1.29, 1.82) is 0 Å². The molecule has 36 heavy (non-hydrogen) atoms. The maximum absolute atomic E-state index is 14.2. The molecule has 10 heteroatoms. The minimum absolute atomic E-state index is 0.0301. The fourth-order valence-electron chi connectivity index (χ4n) is 4.12. The number of rotatable bonds is 6. The molecule has 188 valence electrons. The molecule has 2 amide bonds. The van der Waals surface area contributed by atoms with Gasteiger partial charge in [-0.25, -0.2) is 19.3 Å². The summed E-state index contributed by atoms with van der Waals surface area (Å²) in [5.41, 5.74) is 1.53. The van der Waals surface area contributed by atoms with E-state index < -0.39 is 23.9 Å². The van der Waals surface area contributed by atoms with Gasteiger partial charge in [0.15, 0.2) is 0 Å². The summed E-state index contributed by atoms with van der Waals surface area (Å²) in [7, 11) is 1.58. The van der Waals surface area contributed by atoms with Crippen LogP contribution in [0.2, 0.25) is 0 Å². The summed E-state index contributed by atoms with van der Waals surface area (Å²) in [5.74, 6) is -1.50. The normalized spacial score (nSPS) is 18.5. The van der Waals surface area contributed by atoms with Crippen LogP contribution in [-0.2, 0) is 0 Å². The Balaban J connectivity index is 1.68. The first-order valence-corrected chi connectivity index (χ1v) is 11.6. The molecular weight excluding hydrogens is 465 g/mol. The number of aliphatic hydroxyl groups is 1. The van der Waals surface area contributed by atoms with Gasteiger partial charge in [-0.2, -0.15) is 0 Å². The van der Waals surface area contributed by atoms with Gasteiger partial charge in [0, 0.05) is 49.2 Å². The van der Waals surface area contributed by atoms with Crippen molar-refractivity contribution in [3.05, 3.63) is 72.2 Å². The lowest BCUT2D eigenvalue weighted by molar-refractivity contribution is 0.0312. The van der Waals surface area contributed by atoms with E-state index in [0.29, 0.717) is 11.1 Å². The van der Waals surface area contributed by atoms with Gasteiger partial charge in [-0.05, 0) is 25.1 Å². The second-order valence-electron chi connectivity index (χ2n) is 8.99. The number of likely N-dealkylation sites (N-methyl/N-ethyl adjacent to an activating group) is 1. The zero-order valence-corrected chi connectivity index (χ0v) is 20.3. The first-order valence-electron chi connectivity index (χ1n) is 11.6. The van der Waals surface area contributed by atoms with Gasteiger partial charge in [0.25, 0.3) is 11.8 Å². The summed E-state index contributed by atoms with van der Waals surface area (Å²) in [6.45, 7) is 3.87. The number of fused-ring (bicyclic) bond motifs is 1. The van der Waals surface area contributed by atoms with E-state index in [-0.39, 0.29) is 48.5 Å². The number of nitrogens with zero attached hydrogens (tertiary/aromatic N) is 5. The van der Waals surface area contributed by atoms with Crippen LogP contribution in [0.25, 0.3) is 11.1 Å². The van der Waals surface area contributed by atoms with Crippen LogP contribution >= 0.6 is 0 Å². The van der Waals surface area contributed by atoms with Crippen molar-refractivity contribution in [1.82, 2.24) is 24.8 Å². The molecule has 0 unspecified atom stereocenters. The summed E-state index contributed by atoms with van der Waals surface area (Å²) in [4.78, 5) is 41.9. The van der Waals surface area contributed by atoms with Gasteiger partial charge < -0.3 is 19.6 Å². The van der Waals surface area contributed by atoms with Crippen molar-refractivity contribution < 1.29 is 23.8 Å². The lowest BCUT2D eigenvalue weighted by Crippen LogP contribution is -2.50. The van der Waals surface area contributed by atoms with Crippen LogP contribution in [0.3, 0.4) is 0 Å². The van der Waals surface area contributed by atoms with E-state index in [1.54, 1.807) is 49.6 Å². The Kier molecular flexibility index (Phi) is 7.54. The number of aliphatic hydroxyl groups excluding tert-OH is 1. The fourth-order valence-corrected chi connectivity index (χ4v) is 4.12. The van der Waals surface area contributed by atoms with E-state index in [4.69, 9.17) is 4.74 Å². The molecule has 0 spiro atoms. The molecule has 3 heterocycles. The molecule has 2 aromatic heterocycles. The largest absolute Gasteiger partial charge is 0.472 e. The Labute approximate surface area is 208 Å². The van der Waals surface area contributed by atoms with E-state index in [2.05, 4.69) is 15.0 Å². The van der Waals surface area contributed by atoms with Crippen LogP contribution in [0.4, 0.5) is 4.39 Å². The molecule has 0 radical (unpaired) electrons. The van der Waals surface area contributed by atoms with Crippen molar-refractivity contribution in [2.24, 2.45) is 5.92 Å². The molecule has 3 aromatic rings. The molecule has 3 atom stereocenters. The van der Waals surface area contributed by atoms with Crippen LogP contribution in [0, 0.1) is 11.7 Å². The Morgan fingerprint density at radius 2 is 1.97 bits per heavy atom. The number of hydrogen-bond donors (Lipinski definition) is 1. The topological polar surface area (TPSA) is 109 Å².